The molecular weight excluding hydrogens is 434 g/mol. The lowest BCUT2D eigenvalue weighted by Crippen LogP contribution is -2.34. The smallest absolute Gasteiger partial charge is 0.261 e. The fraction of sp³-hybridized carbons (Fsp3) is 0.350. The molecule has 0 spiro atoms. The minimum Gasteiger partial charge on any atom is -0.497 e. The maximum atomic E-state index is 12.8. The third-order valence-corrected chi connectivity index (χ3v) is 5.47. The molecule has 1 amide bonds. The largest absolute Gasteiger partial charge is 0.497 e. The Bertz CT molecular complexity index is 830. The Morgan fingerprint density at radius 3 is 2.70 bits per heavy atom. The minimum atomic E-state index is -0.0581. The summed E-state index contributed by atoms with van der Waals surface area (Å²) in [5, 5.41) is 0.603. The highest BCUT2D eigenvalue weighted by Crippen LogP contribution is 2.38. The predicted molar refractivity (Wildman–Crippen MR) is 108 cm³/mol. The van der Waals surface area contributed by atoms with E-state index in [1.54, 1.807) is 32.4 Å². The van der Waals surface area contributed by atoms with Crippen LogP contribution in [0.5, 0.6) is 17.2 Å². The Morgan fingerprint density at radius 1 is 1.19 bits per heavy atom. The van der Waals surface area contributed by atoms with Crippen LogP contribution in [0.3, 0.4) is 0 Å². The number of likely N-dealkylation sites (tertiary alicyclic amines) is 1. The van der Waals surface area contributed by atoms with Gasteiger partial charge in [0.15, 0.2) is 6.61 Å². The fourth-order valence-corrected chi connectivity index (χ4v) is 4.09. The Balaban J connectivity index is 1.73. The van der Waals surface area contributed by atoms with Crippen LogP contribution >= 0.6 is 27.5 Å². The molecule has 1 atom stereocenters. The molecule has 2 aromatic carbocycles. The van der Waals surface area contributed by atoms with Crippen molar-refractivity contribution in [1.82, 2.24) is 4.90 Å². The highest BCUT2D eigenvalue weighted by atomic mass is 79.9. The van der Waals surface area contributed by atoms with E-state index >= 15 is 0 Å². The summed E-state index contributed by atoms with van der Waals surface area (Å²) < 4.78 is 17.2. The first-order valence-electron chi connectivity index (χ1n) is 8.62. The summed E-state index contributed by atoms with van der Waals surface area (Å²) in [6.45, 7) is 0.666. The Morgan fingerprint density at radius 2 is 2.00 bits per heavy atom. The van der Waals surface area contributed by atoms with Gasteiger partial charge in [-0.25, -0.2) is 0 Å². The summed E-state index contributed by atoms with van der Waals surface area (Å²) in [5.41, 5.74) is 0.983. The predicted octanol–water partition coefficient (Wildman–Crippen LogP) is 4.86. The molecule has 0 saturated carbocycles. The maximum Gasteiger partial charge on any atom is 0.261 e. The molecule has 1 fully saturated rings. The quantitative estimate of drug-likeness (QED) is 0.625. The Hall–Kier alpha value is -1.92. The van der Waals surface area contributed by atoms with Gasteiger partial charge in [0.2, 0.25) is 0 Å². The van der Waals surface area contributed by atoms with E-state index in [1.807, 2.05) is 23.1 Å². The molecule has 1 heterocycles. The summed E-state index contributed by atoms with van der Waals surface area (Å²) in [6.07, 6.45) is 1.83. The van der Waals surface area contributed by atoms with Gasteiger partial charge >= 0.3 is 0 Å². The van der Waals surface area contributed by atoms with Gasteiger partial charge in [0, 0.05) is 23.2 Å². The van der Waals surface area contributed by atoms with Crippen molar-refractivity contribution >= 4 is 33.4 Å². The van der Waals surface area contributed by atoms with Crippen LogP contribution in [0.4, 0.5) is 0 Å². The molecule has 0 aliphatic carbocycles. The van der Waals surface area contributed by atoms with E-state index in [1.165, 1.54) is 0 Å². The molecule has 0 aromatic heterocycles. The number of carbonyl (C=O) groups is 1. The zero-order valence-corrected chi connectivity index (χ0v) is 17.5. The fourth-order valence-electron chi connectivity index (χ4n) is 3.30. The monoisotopic (exact) mass is 453 g/mol. The van der Waals surface area contributed by atoms with Crippen LogP contribution in [0.2, 0.25) is 5.02 Å². The van der Waals surface area contributed by atoms with Gasteiger partial charge in [-0.05, 0) is 59.1 Å². The zero-order chi connectivity index (χ0) is 19.4. The van der Waals surface area contributed by atoms with Gasteiger partial charge in [0.25, 0.3) is 5.91 Å². The lowest BCUT2D eigenvalue weighted by atomic mass is 10.0. The average Bonchev–Trinajstić information content (AvgIpc) is 3.16. The van der Waals surface area contributed by atoms with E-state index in [-0.39, 0.29) is 18.6 Å². The molecule has 1 aliphatic heterocycles. The van der Waals surface area contributed by atoms with Crippen LogP contribution in [-0.4, -0.2) is 38.2 Å². The second-order valence-electron chi connectivity index (χ2n) is 6.22. The molecule has 27 heavy (non-hydrogen) atoms. The van der Waals surface area contributed by atoms with Crippen molar-refractivity contribution in [2.24, 2.45) is 0 Å². The van der Waals surface area contributed by atoms with Gasteiger partial charge in [-0.1, -0.05) is 11.6 Å². The van der Waals surface area contributed by atoms with Crippen molar-refractivity contribution in [3.8, 4) is 17.2 Å². The second-order valence-corrected chi connectivity index (χ2v) is 7.51. The number of carbonyl (C=O) groups excluding carboxylic acids is 1. The van der Waals surface area contributed by atoms with Gasteiger partial charge < -0.3 is 19.1 Å². The van der Waals surface area contributed by atoms with E-state index in [0.29, 0.717) is 17.3 Å². The lowest BCUT2D eigenvalue weighted by Gasteiger charge is -2.26. The molecule has 2 aromatic rings. The van der Waals surface area contributed by atoms with E-state index < -0.39 is 0 Å². The average molecular weight is 455 g/mol. The van der Waals surface area contributed by atoms with E-state index in [4.69, 9.17) is 25.8 Å². The highest BCUT2D eigenvalue weighted by molar-refractivity contribution is 9.10. The number of hydrogen-bond acceptors (Lipinski definition) is 4. The number of hydrogen-bond donors (Lipinski definition) is 0. The van der Waals surface area contributed by atoms with Crippen molar-refractivity contribution in [3.05, 3.63) is 51.5 Å². The van der Waals surface area contributed by atoms with Crippen molar-refractivity contribution in [2.75, 3.05) is 27.4 Å². The van der Waals surface area contributed by atoms with Gasteiger partial charge in [0.05, 0.1) is 24.7 Å². The molecule has 0 N–H and O–H groups in total. The molecule has 3 rings (SSSR count). The molecule has 0 bridgehead atoms. The molecule has 5 nitrogen and oxygen atoms in total. The van der Waals surface area contributed by atoms with Gasteiger partial charge in [0.1, 0.15) is 17.2 Å². The van der Waals surface area contributed by atoms with Crippen LogP contribution in [0, 0.1) is 0 Å². The number of benzene rings is 2. The molecule has 0 unspecified atom stereocenters. The number of methoxy groups -OCH3 is 2. The van der Waals surface area contributed by atoms with Crippen molar-refractivity contribution < 1.29 is 19.0 Å². The molecular formula is C20H21BrClNO4. The summed E-state index contributed by atoms with van der Waals surface area (Å²) in [7, 11) is 3.24. The Labute approximate surface area is 172 Å². The number of halogens is 2. The third-order valence-electron chi connectivity index (χ3n) is 4.62. The molecule has 1 saturated heterocycles. The SMILES string of the molecule is COc1ccc([C@H]2CCCN2C(=O)COc2ccc(Cl)cc2Br)c(OC)c1. The Kier molecular flexibility index (Phi) is 6.50. The lowest BCUT2D eigenvalue weighted by molar-refractivity contribution is -0.134. The van der Waals surface area contributed by atoms with Gasteiger partial charge in [-0.3, -0.25) is 4.79 Å². The number of amides is 1. The maximum absolute atomic E-state index is 12.8. The molecule has 7 heteroatoms. The van der Waals surface area contributed by atoms with Crippen LogP contribution in [0.15, 0.2) is 40.9 Å². The number of nitrogens with zero attached hydrogens (tertiary/aromatic N) is 1. The highest BCUT2D eigenvalue weighted by Gasteiger charge is 2.32. The zero-order valence-electron chi connectivity index (χ0n) is 15.2. The summed E-state index contributed by atoms with van der Waals surface area (Å²) >= 11 is 9.34. The third kappa shape index (κ3) is 4.50. The number of rotatable bonds is 6. The van der Waals surface area contributed by atoms with Crippen LogP contribution in [-0.2, 0) is 4.79 Å². The second kappa shape index (κ2) is 8.85. The normalized spacial score (nSPS) is 16.3. The molecule has 144 valence electrons. The van der Waals surface area contributed by atoms with Crippen LogP contribution in [0.25, 0.3) is 0 Å². The van der Waals surface area contributed by atoms with Gasteiger partial charge in [-0.15, -0.1) is 0 Å². The standard InChI is InChI=1S/C20H21BrClNO4/c1-25-14-6-7-15(19(11-14)26-2)17-4-3-9-23(17)20(24)12-27-18-8-5-13(22)10-16(18)21/h5-8,10-11,17H,3-4,9,12H2,1-2H3/t17-/m1/s1. The number of ether oxygens (including phenoxy) is 3. The van der Waals surface area contributed by atoms with E-state index in [9.17, 15) is 4.79 Å². The summed E-state index contributed by atoms with van der Waals surface area (Å²) in [6, 6.07) is 10.9. The van der Waals surface area contributed by atoms with Crippen LogP contribution in [0.1, 0.15) is 24.4 Å². The first-order chi connectivity index (χ1) is 13.0. The molecule has 0 radical (unpaired) electrons. The summed E-state index contributed by atoms with van der Waals surface area (Å²) in [5.74, 6) is 1.98. The van der Waals surface area contributed by atoms with Gasteiger partial charge in [-0.2, -0.15) is 0 Å². The summed E-state index contributed by atoms with van der Waals surface area (Å²) in [4.78, 5) is 14.7. The minimum absolute atomic E-state index is 0.0318. The van der Waals surface area contributed by atoms with Crippen molar-refractivity contribution in [2.45, 2.75) is 18.9 Å². The topological polar surface area (TPSA) is 48.0 Å². The molecule has 1 aliphatic rings. The van der Waals surface area contributed by atoms with Crippen molar-refractivity contribution in [3.63, 3.8) is 0 Å². The first-order valence-corrected chi connectivity index (χ1v) is 9.80. The van der Waals surface area contributed by atoms with Crippen LogP contribution < -0.4 is 14.2 Å². The van der Waals surface area contributed by atoms with Crippen molar-refractivity contribution in [1.29, 1.82) is 0 Å². The first kappa shape index (κ1) is 19.8. The van der Waals surface area contributed by atoms with E-state index in [2.05, 4.69) is 15.9 Å². The van der Waals surface area contributed by atoms with E-state index in [0.717, 1.165) is 34.4 Å².